The fourth-order valence-corrected chi connectivity index (χ4v) is 2.21. The first-order valence-electron chi connectivity index (χ1n) is 5.46. The van der Waals surface area contributed by atoms with E-state index in [-0.39, 0.29) is 12.7 Å². The third-order valence-electron chi connectivity index (χ3n) is 2.91. The van der Waals surface area contributed by atoms with E-state index in [2.05, 4.69) is 0 Å². The van der Waals surface area contributed by atoms with Gasteiger partial charge in [0.1, 0.15) is 0 Å². The summed E-state index contributed by atoms with van der Waals surface area (Å²) in [6, 6.07) is 1.76. The second-order valence-electron chi connectivity index (χ2n) is 4.02. The van der Waals surface area contributed by atoms with Crippen molar-refractivity contribution in [2.45, 2.75) is 19.3 Å². The third kappa shape index (κ3) is 2.10. The van der Waals surface area contributed by atoms with Crippen molar-refractivity contribution in [2.75, 3.05) is 13.3 Å². The van der Waals surface area contributed by atoms with Gasteiger partial charge in [-0.1, -0.05) is 18.5 Å². The van der Waals surface area contributed by atoms with Gasteiger partial charge in [0.25, 0.3) is 0 Å². The molecular formula is C12H14ClNO3. The molecule has 1 aliphatic rings. The Labute approximate surface area is 105 Å². The molecule has 0 bridgehead atoms. The van der Waals surface area contributed by atoms with Crippen molar-refractivity contribution in [3.05, 3.63) is 22.2 Å². The van der Waals surface area contributed by atoms with Crippen LogP contribution in [-0.4, -0.2) is 19.6 Å². The maximum absolute atomic E-state index is 11.0. The Hall–Kier alpha value is -1.26. The van der Waals surface area contributed by atoms with Gasteiger partial charge in [-0.25, -0.2) is 0 Å². The zero-order chi connectivity index (χ0) is 12.4. The third-order valence-corrected chi connectivity index (χ3v) is 3.22. The number of hydrogen-bond donors (Lipinski definition) is 1. The van der Waals surface area contributed by atoms with E-state index in [0.717, 1.165) is 12.0 Å². The number of fused-ring (bicyclic) bond motifs is 1. The van der Waals surface area contributed by atoms with Gasteiger partial charge >= 0.3 is 0 Å². The Balaban J connectivity index is 2.51. The van der Waals surface area contributed by atoms with Crippen LogP contribution in [0.25, 0.3) is 0 Å². The van der Waals surface area contributed by atoms with Crippen LogP contribution in [-0.2, 0) is 0 Å². The molecule has 0 aromatic heterocycles. The minimum absolute atomic E-state index is 0.124. The van der Waals surface area contributed by atoms with Crippen molar-refractivity contribution in [2.24, 2.45) is 5.73 Å². The molecule has 1 heterocycles. The van der Waals surface area contributed by atoms with Crippen molar-refractivity contribution in [1.82, 2.24) is 0 Å². The van der Waals surface area contributed by atoms with Crippen molar-refractivity contribution in [1.29, 1.82) is 0 Å². The van der Waals surface area contributed by atoms with E-state index in [1.54, 1.807) is 6.07 Å². The standard InChI is InChI=1S/C12H14ClNO3/c1-7(2-3-14)8-4-10(13)9(5-15)12-11(8)16-6-17-12/h4-5,7H,2-3,6,14H2,1H3. The Bertz CT molecular complexity index is 448. The average Bonchev–Trinajstić information content (AvgIpc) is 2.77. The summed E-state index contributed by atoms with van der Waals surface area (Å²) in [4.78, 5) is 11.0. The highest BCUT2D eigenvalue weighted by Gasteiger charge is 2.26. The van der Waals surface area contributed by atoms with E-state index >= 15 is 0 Å². The largest absolute Gasteiger partial charge is 0.453 e. The monoisotopic (exact) mass is 255 g/mol. The second-order valence-corrected chi connectivity index (χ2v) is 4.43. The van der Waals surface area contributed by atoms with E-state index in [1.165, 1.54) is 0 Å². The van der Waals surface area contributed by atoms with E-state index < -0.39 is 0 Å². The van der Waals surface area contributed by atoms with E-state index in [4.69, 9.17) is 26.8 Å². The predicted octanol–water partition coefficient (Wildman–Crippen LogP) is 2.33. The Morgan fingerprint density at radius 1 is 1.53 bits per heavy atom. The molecule has 0 saturated heterocycles. The summed E-state index contributed by atoms with van der Waals surface area (Å²) in [5.41, 5.74) is 6.84. The van der Waals surface area contributed by atoms with Gasteiger partial charge in [-0.05, 0) is 24.9 Å². The highest BCUT2D eigenvalue weighted by molar-refractivity contribution is 6.33. The Kier molecular flexibility index (Phi) is 3.54. The number of rotatable bonds is 4. The zero-order valence-corrected chi connectivity index (χ0v) is 10.3. The summed E-state index contributed by atoms with van der Waals surface area (Å²) < 4.78 is 10.7. The first-order valence-corrected chi connectivity index (χ1v) is 5.84. The molecule has 17 heavy (non-hydrogen) atoms. The molecule has 92 valence electrons. The van der Waals surface area contributed by atoms with E-state index in [9.17, 15) is 4.79 Å². The van der Waals surface area contributed by atoms with E-state index in [1.807, 2.05) is 6.92 Å². The summed E-state index contributed by atoms with van der Waals surface area (Å²) in [5, 5.41) is 0.392. The van der Waals surface area contributed by atoms with Crippen molar-refractivity contribution >= 4 is 17.9 Å². The molecule has 1 atom stereocenters. The molecule has 0 radical (unpaired) electrons. The van der Waals surface area contributed by atoms with E-state index in [0.29, 0.717) is 34.9 Å². The number of aldehydes is 1. The quantitative estimate of drug-likeness (QED) is 0.839. The molecule has 4 nitrogen and oxygen atoms in total. The molecule has 1 aromatic carbocycles. The van der Waals surface area contributed by atoms with Crippen LogP contribution in [0.1, 0.15) is 35.2 Å². The SMILES string of the molecule is CC(CCN)c1cc(Cl)c(C=O)c2c1OCO2. The van der Waals surface area contributed by atoms with Gasteiger partial charge in [0, 0.05) is 5.56 Å². The van der Waals surface area contributed by atoms with Crippen LogP contribution in [0.4, 0.5) is 0 Å². The first-order chi connectivity index (χ1) is 8.19. The van der Waals surface area contributed by atoms with Crippen LogP contribution in [0.5, 0.6) is 11.5 Å². The molecule has 1 aromatic rings. The molecule has 0 spiro atoms. The maximum Gasteiger partial charge on any atom is 0.231 e. The lowest BCUT2D eigenvalue weighted by Crippen LogP contribution is -2.06. The lowest BCUT2D eigenvalue weighted by molar-refractivity contribution is 0.111. The minimum Gasteiger partial charge on any atom is -0.453 e. The highest BCUT2D eigenvalue weighted by atomic mass is 35.5. The fraction of sp³-hybridized carbons (Fsp3) is 0.417. The number of carbonyl (C=O) groups is 1. The van der Waals surface area contributed by atoms with Crippen molar-refractivity contribution in [3.63, 3.8) is 0 Å². The number of nitrogens with two attached hydrogens (primary N) is 1. The van der Waals surface area contributed by atoms with Gasteiger partial charge in [-0.2, -0.15) is 0 Å². The van der Waals surface area contributed by atoms with Gasteiger partial charge in [0.05, 0.1) is 10.6 Å². The summed E-state index contributed by atoms with van der Waals surface area (Å²) in [5.74, 6) is 1.29. The zero-order valence-electron chi connectivity index (χ0n) is 9.53. The van der Waals surface area contributed by atoms with Crippen LogP contribution < -0.4 is 15.2 Å². The molecule has 0 amide bonds. The molecule has 0 fully saturated rings. The molecule has 1 unspecified atom stereocenters. The maximum atomic E-state index is 11.0. The smallest absolute Gasteiger partial charge is 0.231 e. The lowest BCUT2D eigenvalue weighted by atomic mass is 9.95. The number of benzene rings is 1. The van der Waals surface area contributed by atoms with Crippen LogP contribution in [0, 0.1) is 0 Å². The van der Waals surface area contributed by atoms with Crippen LogP contribution in [0.15, 0.2) is 6.07 Å². The van der Waals surface area contributed by atoms with Gasteiger partial charge in [0.2, 0.25) is 6.79 Å². The minimum atomic E-state index is 0.124. The van der Waals surface area contributed by atoms with Crippen molar-refractivity contribution < 1.29 is 14.3 Å². The summed E-state index contributed by atoms with van der Waals surface area (Å²) in [7, 11) is 0. The fourth-order valence-electron chi connectivity index (χ4n) is 1.96. The van der Waals surface area contributed by atoms with Gasteiger partial charge in [-0.3, -0.25) is 4.79 Å². The summed E-state index contributed by atoms with van der Waals surface area (Å²) >= 11 is 6.06. The van der Waals surface area contributed by atoms with Crippen LogP contribution in [0.3, 0.4) is 0 Å². The second kappa shape index (κ2) is 4.94. The number of ether oxygens (including phenoxy) is 2. The molecular weight excluding hydrogens is 242 g/mol. The lowest BCUT2D eigenvalue weighted by Gasteiger charge is -2.14. The highest BCUT2D eigenvalue weighted by Crippen LogP contribution is 2.45. The Morgan fingerprint density at radius 3 is 2.88 bits per heavy atom. The molecule has 5 heteroatoms. The summed E-state index contributed by atoms with van der Waals surface area (Å²) in [6.45, 7) is 2.75. The Morgan fingerprint density at radius 2 is 2.24 bits per heavy atom. The molecule has 0 saturated carbocycles. The normalized spacial score (nSPS) is 14.8. The molecule has 2 N–H and O–H groups in total. The molecule has 2 rings (SSSR count). The van der Waals surface area contributed by atoms with Crippen LogP contribution >= 0.6 is 11.6 Å². The van der Waals surface area contributed by atoms with Gasteiger partial charge in [-0.15, -0.1) is 0 Å². The number of hydrogen-bond acceptors (Lipinski definition) is 4. The van der Waals surface area contributed by atoms with Gasteiger partial charge in [0.15, 0.2) is 17.8 Å². The molecule has 0 aliphatic carbocycles. The van der Waals surface area contributed by atoms with Gasteiger partial charge < -0.3 is 15.2 Å². The predicted molar refractivity (Wildman–Crippen MR) is 65.0 cm³/mol. The number of carbonyl (C=O) groups excluding carboxylic acids is 1. The number of halogens is 1. The summed E-state index contributed by atoms with van der Waals surface area (Å²) in [6.07, 6.45) is 1.51. The first kappa shape index (κ1) is 12.2. The molecule has 1 aliphatic heterocycles. The topological polar surface area (TPSA) is 61.6 Å². The average molecular weight is 256 g/mol. The van der Waals surface area contributed by atoms with Crippen molar-refractivity contribution in [3.8, 4) is 11.5 Å². The van der Waals surface area contributed by atoms with Crippen LogP contribution in [0.2, 0.25) is 5.02 Å².